The predicted octanol–water partition coefficient (Wildman–Crippen LogP) is 5.89. The number of amides is 2. The Kier molecular flexibility index (Phi) is 10.4. The maximum absolute atomic E-state index is 13.7. The van der Waals surface area contributed by atoms with Crippen molar-refractivity contribution in [2.75, 3.05) is 13.2 Å². The van der Waals surface area contributed by atoms with Gasteiger partial charge < -0.3 is 15.0 Å². The molecule has 0 spiro atoms. The summed E-state index contributed by atoms with van der Waals surface area (Å²) in [6.45, 7) is 6.63. The van der Waals surface area contributed by atoms with Crippen molar-refractivity contribution < 1.29 is 14.3 Å². The minimum Gasteiger partial charge on any atom is -0.483 e. The van der Waals surface area contributed by atoms with Crippen LogP contribution in [0.2, 0.25) is 5.02 Å². The molecular weight excluding hydrogens is 472 g/mol. The molecule has 190 valence electrons. The number of ether oxygens (including phenoxy) is 1. The van der Waals surface area contributed by atoms with E-state index < -0.39 is 6.04 Å². The topological polar surface area (TPSA) is 58.6 Å². The normalized spacial score (nSPS) is 11.6. The highest BCUT2D eigenvalue weighted by molar-refractivity contribution is 6.31. The molecule has 0 saturated carbocycles. The molecule has 0 aliphatic carbocycles. The molecule has 0 radical (unpaired) electrons. The van der Waals surface area contributed by atoms with Crippen LogP contribution in [0.5, 0.6) is 5.75 Å². The van der Waals surface area contributed by atoms with Crippen molar-refractivity contribution in [2.24, 2.45) is 0 Å². The first-order chi connectivity index (χ1) is 17.4. The second-order valence-corrected chi connectivity index (χ2v) is 9.43. The maximum atomic E-state index is 13.7. The summed E-state index contributed by atoms with van der Waals surface area (Å²) in [5, 5.41) is 3.57. The Morgan fingerprint density at radius 1 is 1.00 bits per heavy atom. The summed E-state index contributed by atoms with van der Waals surface area (Å²) < 4.78 is 5.93. The lowest BCUT2D eigenvalue weighted by molar-refractivity contribution is -0.142. The number of hydrogen-bond acceptors (Lipinski definition) is 3. The summed E-state index contributed by atoms with van der Waals surface area (Å²) in [5.41, 5.74) is 3.83. The molecule has 6 heteroatoms. The van der Waals surface area contributed by atoms with Crippen LogP contribution in [0.25, 0.3) is 0 Å². The van der Waals surface area contributed by atoms with Gasteiger partial charge in [-0.25, -0.2) is 0 Å². The van der Waals surface area contributed by atoms with Gasteiger partial charge in [-0.05, 0) is 49.1 Å². The smallest absolute Gasteiger partial charge is 0.261 e. The highest BCUT2D eigenvalue weighted by Gasteiger charge is 2.31. The Morgan fingerprint density at radius 2 is 1.72 bits per heavy atom. The zero-order valence-corrected chi connectivity index (χ0v) is 22.1. The number of halogens is 1. The summed E-state index contributed by atoms with van der Waals surface area (Å²) in [6.07, 6.45) is 2.23. The number of benzene rings is 3. The third-order valence-corrected chi connectivity index (χ3v) is 6.45. The third kappa shape index (κ3) is 7.85. The third-order valence-electron chi connectivity index (χ3n) is 6.08. The van der Waals surface area contributed by atoms with Crippen LogP contribution in [-0.4, -0.2) is 35.9 Å². The van der Waals surface area contributed by atoms with Crippen molar-refractivity contribution >= 4 is 23.4 Å². The molecule has 3 aromatic rings. The first-order valence-corrected chi connectivity index (χ1v) is 12.8. The summed E-state index contributed by atoms with van der Waals surface area (Å²) in [4.78, 5) is 28.7. The van der Waals surface area contributed by atoms with Gasteiger partial charge in [0.15, 0.2) is 6.61 Å². The van der Waals surface area contributed by atoms with E-state index >= 15 is 0 Å². The summed E-state index contributed by atoms with van der Waals surface area (Å²) in [6, 6.07) is 22.3. The molecule has 0 aliphatic rings. The molecule has 0 aromatic heterocycles. The zero-order valence-electron chi connectivity index (χ0n) is 21.3. The minimum absolute atomic E-state index is 0.179. The van der Waals surface area contributed by atoms with Gasteiger partial charge in [0.25, 0.3) is 5.91 Å². The molecule has 0 bridgehead atoms. The SMILES string of the molecule is CCCCNC(=O)[C@@H](Cc1ccccc1)N(Cc1ccccc1Cl)C(=O)COc1ccc(C)cc1C. The molecule has 3 rings (SSSR count). The summed E-state index contributed by atoms with van der Waals surface area (Å²) in [7, 11) is 0. The van der Waals surface area contributed by atoms with Gasteiger partial charge in [0, 0.05) is 24.5 Å². The lowest BCUT2D eigenvalue weighted by atomic mass is 10.0. The van der Waals surface area contributed by atoms with Crippen LogP contribution in [0.1, 0.15) is 42.0 Å². The molecule has 1 N–H and O–H groups in total. The Labute approximate surface area is 219 Å². The minimum atomic E-state index is -0.712. The monoisotopic (exact) mass is 506 g/mol. The lowest BCUT2D eigenvalue weighted by Gasteiger charge is -2.32. The molecule has 0 aliphatic heterocycles. The van der Waals surface area contributed by atoms with E-state index in [1.54, 1.807) is 11.0 Å². The number of nitrogens with zero attached hydrogens (tertiary/aromatic N) is 1. The summed E-state index contributed by atoms with van der Waals surface area (Å²) >= 11 is 6.46. The van der Waals surface area contributed by atoms with E-state index in [4.69, 9.17) is 16.3 Å². The Balaban J connectivity index is 1.90. The van der Waals surface area contributed by atoms with Gasteiger partial charge in [0.1, 0.15) is 11.8 Å². The largest absolute Gasteiger partial charge is 0.483 e. The van der Waals surface area contributed by atoms with Crippen molar-refractivity contribution in [2.45, 2.75) is 52.6 Å². The predicted molar refractivity (Wildman–Crippen MR) is 145 cm³/mol. The van der Waals surface area contributed by atoms with Gasteiger partial charge in [-0.2, -0.15) is 0 Å². The number of hydrogen-bond donors (Lipinski definition) is 1. The highest BCUT2D eigenvalue weighted by atomic mass is 35.5. The molecule has 0 fully saturated rings. The van der Waals surface area contributed by atoms with Crippen LogP contribution in [-0.2, 0) is 22.6 Å². The van der Waals surface area contributed by atoms with Crippen LogP contribution >= 0.6 is 11.6 Å². The number of carbonyl (C=O) groups is 2. The fourth-order valence-electron chi connectivity index (χ4n) is 4.05. The lowest BCUT2D eigenvalue weighted by Crippen LogP contribution is -2.51. The molecule has 0 unspecified atom stereocenters. The second kappa shape index (κ2) is 13.7. The fraction of sp³-hybridized carbons (Fsp3) is 0.333. The van der Waals surface area contributed by atoms with E-state index in [0.717, 1.165) is 35.1 Å². The molecule has 0 saturated heterocycles. The van der Waals surface area contributed by atoms with E-state index in [-0.39, 0.29) is 25.0 Å². The molecule has 3 aromatic carbocycles. The van der Waals surface area contributed by atoms with Crippen molar-refractivity contribution in [3.05, 3.63) is 100 Å². The van der Waals surface area contributed by atoms with E-state index in [2.05, 4.69) is 12.2 Å². The highest BCUT2D eigenvalue weighted by Crippen LogP contribution is 2.22. The molecule has 0 heterocycles. The van der Waals surface area contributed by atoms with Crippen molar-refractivity contribution in [3.63, 3.8) is 0 Å². The molecule has 36 heavy (non-hydrogen) atoms. The van der Waals surface area contributed by atoms with Crippen LogP contribution in [0.4, 0.5) is 0 Å². The quantitative estimate of drug-likeness (QED) is 0.311. The number of rotatable bonds is 12. The van der Waals surface area contributed by atoms with Gasteiger partial charge in [-0.3, -0.25) is 9.59 Å². The van der Waals surface area contributed by atoms with E-state index in [1.165, 1.54) is 0 Å². The first kappa shape index (κ1) is 27.3. The standard InChI is InChI=1S/C30H35ClN2O3/c1-4-5-17-32-30(35)27(19-24-11-7-6-8-12-24)33(20-25-13-9-10-14-26(25)31)29(34)21-36-28-16-15-22(2)18-23(28)3/h6-16,18,27H,4-5,17,19-21H2,1-3H3,(H,32,35)/t27-/m1/s1. The van der Waals surface area contributed by atoms with Gasteiger partial charge >= 0.3 is 0 Å². The zero-order chi connectivity index (χ0) is 25.9. The fourth-order valence-corrected chi connectivity index (χ4v) is 4.25. The molecule has 1 atom stereocenters. The summed E-state index contributed by atoms with van der Waals surface area (Å²) in [5.74, 6) is 0.194. The van der Waals surface area contributed by atoms with E-state index in [0.29, 0.717) is 23.7 Å². The maximum Gasteiger partial charge on any atom is 0.261 e. The molecule has 2 amide bonds. The van der Waals surface area contributed by atoms with Crippen LogP contribution in [0.15, 0.2) is 72.8 Å². The Bertz CT molecular complexity index is 1150. The first-order valence-electron chi connectivity index (χ1n) is 12.4. The second-order valence-electron chi connectivity index (χ2n) is 9.02. The van der Waals surface area contributed by atoms with E-state index in [9.17, 15) is 9.59 Å². The van der Waals surface area contributed by atoms with Crippen molar-refractivity contribution in [1.29, 1.82) is 0 Å². The van der Waals surface area contributed by atoms with Gasteiger partial charge in [-0.15, -0.1) is 0 Å². The average Bonchev–Trinajstić information content (AvgIpc) is 2.87. The van der Waals surface area contributed by atoms with Crippen molar-refractivity contribution in [3.8, 4) is 5.75 Å². The van der Waals surface area contributed by atoms with Gasteiger partial charge in [-0.1, -0.05) is 91.2 Å². The molecule has 5 nitrogen and oxygen atoms in total. The number of aryl methyl sites for hydroxylation is 2. The van der Waals surface area contributed by atoms with Crippen LogP contribution in [0.3, 0.4) is 0 Å². The number of carbonyl (C=O) groups excluding carboxylic acids is 2. The van der Waals surface area contributed by atoms with Crippen LogP contribution < -0.4 is 10.1 Å². The Hall–Kier alpha value is -3.31. The van der Waals surface area contributed by atoms with Gasteiger partial charge in [0.05, 0.1) is 0 Å². The van der Waals surface area contributed by atoms with Crippen LogP contribution in [0, 0.1) is 13.8 Å². The average molecular weight is 507 g/mol. The number of unbranched alkanes of at least 4 members (excludes halogenated alkanes) is 1. The Morgan fingerprint density at radius 3 is 2.42 bits per heavy atom. The number of nitrogens with one attached hydrogen (secondary N) is 1. The van der Waals surface area contributed by atoms with E-state index in [1.807, 2.05) is 80.6 Å². The van der Waals surface area contributed by atoms with Crippen molar-refractivity contribution in [1.82, 2.24) is 10.2 Å². The van der Waals surface area contributed by atoms with Gasteiger partial charge in [0.2, 0.25) is 5.91 Å². The molecular formula is C30H35ClN2O3.